The molecule has 0 saturated carbocycles. The summed E-state index contributed by atoms with van der Waals surface area (Å²) in [5.41, 5.74) is 1.28. The Balaban J connectivity index is 1.67. The molecule has 3 aromatic rings. The molecule has 0 saturated heterocycles. The van der Waals surface area contributed by atoms with E-state index in [9.17, 15) is 0 Å². The molecule has 1 aromatic carbocycles. The van der Waals surface area contributed by atoms with Gasteiger partial charge in [-0.1, -0.05) is 42.1 Å². The number of aromatic nitrogens is 4. The van der Waals surface area contributed by atoms with E-state index in [4.69, 9.17) is 0 Å². The van der Waals surface area contributed by atoms with Gasteiger partial charge in [0.1, 0.15) is 5.03 Å². The molecule has 0 N–H and O–H groups in total. The first-order valence-electron chi connectivity index (χ1n) is 5.92. The van der Waals surface area contributed by atoms with E-state index in [1.54, 1.807) is 22.6 Å². The molecular weight excluding hydrogens is 256 g/mol. The van der Waals surface area contributed by atoms with Crippen molar-refractivity contribution in [1.82, 2.24) is 20.0 Å². The third-order valence-corrected chi connectivity index (χ3v) is 3.59. The summed E-state index contributed by atoms with van der Waals surface area (Å²) in [6, 6.07) is 16.1. The molecule has 0 aliphatic heterocycles. The van der Waals surface area contributed by atoms with E-state index in [0.29, 0.717) is 0 Å². The summed E-state index contributed by atoms with van der Waals surface area (Å²) in [6.07, 6.45) is 3.57. The van der Waals surface area contributed by atoms with Crippen molar-refractivity contribution in [3.05, 3.63) is 66.5 Å². The van der Waals surface area contributed by atoms with Crippen LogP contribution in [0, 0.1) is 0 Å². The standard InChI is InChI=1S/C14H12N4S/c1-2-5-12(6-3-1)11-19-14-8-7-13(16-17-14)18-10-4-9-15-18/h1-10H,11H2. The SMILES string of the molecule is c1ccc(CSc2ccc(-n3cccn3)nn2)cc1. The molecule has 0 bridgehead atoms. The Morgan fingerprint density at radius 2 is 1.84 bits per heavy atom. The summed E-state index contributed by atoms with van der Waals surface area (Å²) >= 11 is 1.68. The van der Waals surface area contributed by atoms with Gasteiger partial charge in [-0.15, -0.1) is 10.2 Å². The van der Waals surface area contributed by atoms with Crippen LogP contribution < -0.4 is 0 Å². The first-order chi connectivity index (χ1) is 9.42. The Labute approximate surface area is 115 Å². The zero-order chi connectivity index (χ0) is 12.9. The fourth-order valence-electron chi connectivity index (χ4n) is 1.65. The smallest absolute Gasteiger partial charge is 0.175 e. The van der Waals surface area contributed by atoms with Gasteiger partial charge < -0.3 is 0 Å². The average molecular weight is 268 g/mol. The van der Waals surface area contributed by atoms with Crippen molar-refractivity contribution >= 4 is 11.8 Å². The summed E-state index contributed by atoms with van der Waals surface area (Å²) in [5.74, 6) is 1.63. The van der Waals surface area contributed by atoms with Crippen LogP contribution in [0.2, 0.25) is 0 Å². The normalized spacial score (nSPS) is 10.5. The predicted molar refractivity (Wildman–Crippen MR) is 75.2 cm³/mol. The van der Waals surface area contributed by atoms with E-state index in [2.05, 4.69) is 27.4 Å². The number of hydrogen-bond donors (Lipinski definition) is 0. The van der Waals surface area contributed by atoms with Crippen LogP contribution in [0.5, 0.6) is 0 Å². The summed E-state index contributed by atoms with van der Waals surface area (Å²) in [7, 11) is 0. The van der Waals surface area contributed by atoms with Crippen molar-refractivity contribution in [2.24, 2.45) is 0 Å². The van der Waals surface area contributed by atoms with Gasteiger partial charge in [0.15, 0.2) is 5.82 Å². The largest absolute Gasteiger partial charge is 0.221 e. The van der Waals surface area contributed by atoms with Crippen molar-refractivity contribution in [3.63, 3.8) is 0 Å². The molecule has 0 unspecified atom stereocenters. The van der Waals surface area contributed by atoms with E-state index in [-0.39, 0.29) is 0 Å². The highest BCUT2D eigenvalue weighted by atomic mass is 32.2. The molecule has 0 radical (unpaired) electrons. The second kappa shape index (κ2) is 5.67. The Morgan fingerprint density at radius 3 is 2.53 bits per heavy atom. The highest BCUT2D eigenvalue weighted by Gasteiger charge is 2.01. The Kier molecular flexibility index (Phi) is 3.56. The van der Waals surface area contributed by atoms with Crippen LogP contribution in [0.15, 0.2) is 66.0 Å². The molecule has 0 aliphatic carbocycles. The Bertz CT molecular complexity index is 620. The Morgan fingerprint density at radius 1 is 0.947 bits per heavy atom. The number of benzene rings is 1. The molecule has 19 heavy (non-hydrogen) atoms. The van der Waals surface area contributed by atoms with Gasteiger partial charge in [-0.2, -0.15) is 5.10 Å². The topological polar surface area (TPSA) is 43.6 Å². The maximum atomic E-state index is 4.20. The van der Waals surface area contributed by atoms with Crippen molar-refractivity contribution in [3.8, 4) is 5.82 Å². The van der Waals surface area contributed by atoms with Gasteiger partial charge in [0.05, 0.1) is 0 Å². The lowest BCUT2D eigenvalue weighted by Crippen LogP contribution is -1.99. The van der Waals surface area contributed by atoms with Crippen molar-refractivity contribution in [2.45, 2.75) is 10.8 Å². The van der Waals surface area contributed by atoms with Crippen LogP contribution in [-0.4, -0.2) is 20.0 Å². The van der Waals surface area contributed by atoms with Gasteiger partial charge in [-0.25, -0.2) is 4.68 Å². The Hall–Kier alpha value is -2.14. The highest BCUT2D eigenvalue weighted by Crippen LogP contribution is 2.20. The summed E-state index contributed by atoms with van der Waals surface area (Å²) in [5, 5.41) is 13.4. The quantitative estimate of drug-likeness (QED) is 0.682. The molecule has 5 heteroatoms. The minimum absolute atomic E-state index is 0.731. The maximum Gasteiger partial charge on any atom is 0.175 e. The molecule has 0 fully saturated rings. The highest BCUT2D eigenvalue weighted by molar-refractivity contribution is 7.98. The van der Waals surface area contributed by atoms with Crippen LogP contribution in [0.1, 0.15) is 5.56 Å². The summed E-state index contributed by atoms with van der Waals surface area (Å²) < 4.78 is 1.69. The molecule has 0 aliphatic rings. The molecule has 4 nitrogen and oxygen atoms in total. The van der Waals surface area contributed by atoms with Crippen molar-refractivity contribution in [1.29, 1.82) is 0 Å². The second-order valence-corrected chi connectivity index (χ2v) is 4.95. The number of nitrogens with zero attached hydrogens (tertiary/aromatic N) is 4. The second-order valence-electron chi connectivity index (χ2n) is 3.95. The fourth-order valence-corrected chi connectivity index (χ4v) is 2.42. The fraction of sp³-hybridized carbons (Fsp3) is 0.0714. The van der Waals surface area contributed by atoms with Crippen molar-refractivity contribution < 1.29 is 0 Å². The van der Waals surface area contributed by atoms with E-state index in [0.717, 1.165) is 16.6 Å². The third kappa shape index (κ3) is 3.00. The van der Waals surface area contributed by atoms with Crippen molar-refractivity contribution in [2.75, 3.05) is 0 Å². The van der Waals surface area contributed by atoms with Gasteiger partial charge in [0.2, 0.25) is 0 Å². The van der Waals surface area contributed by atoms with E-state index < -0.39 is 0 Å². The number of rotatable bonds is 4. The zero-order valence-corrected chi connectivity index (χ0v) is 11.0. The van der Waals surface area contributed by atoms with Gasteiger partial charge in [-0.05, 0) is 23.8 Å². The monoisotopic (exact) mass is 268 g/mol. The van der Waals surface area contributed by atoms with Crippen LogP contribution in [0.4, 0.5) is 0 Å². The molecule has 94 valence electrons. The van der Waals surface area contributed by atoms with Crippen LogP contribution in [-0.2, 0) is 5.75 Å². The maximum absolute atomic E-state index is 4.20. The molecule has 0 amide bonds. The van der Waals surface area contributed by atoms with Crippen LogP contribution in [0.3, 0.4) is 0 Å². The molecule has 2 heterocycles. The van der Waals surface area contributed by atoms with E-state index in [1.165, 1.54) is 5.56 Å². The first kappa shape index (κ1) is 11.9. The predicted octanol–water partition coefficient (Wildman–Crippen LogP) is 2.95. The van der Waals surface area contributed by atoms with Gasteiger partial charge in [0.25, 0.3) is 0 Å². The van der Waals surface area contributed by atoms with Gasteiger partial charge >= 0.3 is 0 Å². The summed E-state index contributed by atoms with van der Waals surface area (Å²) in [4.78, 5) is 0. The molecule has 3 rings (SSSR count). The third-order valence-electron chi connectivity index (χ3n) is 2.59. The van der Waals surface area contributed by atoms with Gasteiger partial charge in [-0.3, -0.25) is 0 Å². The zero-order valence-electron chi connectivity index (χ0n) is 10.2. The lowest BCUT2D eigenvalue weighted by molar-refractivity contribution is 0.792. The number of hydrogen-bond acceptors (Lipinski definition) is 4. The van der Waals surface area contributed by atoms with E-state index >= 15 is 0 Å². The van der Waals surface area contributed by atoms with Gasteiger partial charge in [0, 0.05) is 18.1 Å². The van der Waals surface area contributed by atoms with Crippen LogP contribution in [0.25, 0.3) is 5.82 Å². The van der Waals surface area contributed by atoms with E-state index in [1.807, 2.05) is 42.6 Å². The minimum atomic E-state index is 0.731. The van der Waals surface area contributed by atoms with Crippen LogP contribution >= 0.6 is 11.8 Å². The number of thioether (sulfide) groups is 1. The molecular formula is C14H12N4S. The lowest BCUT2D eigenvalue weighted by Gasteiger charge is -2.02. The summed E-state index contributed by atoms with van der Waals surface area (Å²) in [6.45, 7) is 0. The molecule has 0 spiro atoms. The lowest BCUT2D eigenvalue weighted by atomic mass is 10.2. The molecule has 0 atom stereocenters. The molecule has 2 aromatic heterocycles. The first-order valence-corrected chi connectivity index (χ1v) is 6.91. The average Bonchev–Trinajstić information content (AvgIpc) is 3.01. The minimum Gasteiger partial charge on any atom is -0.221 e.